The van der Waals surface area contributed by atoms with Gasteiger partial charge in [-0.15, -0.1) is 0 Å². The highest BCUT2D eigenvalue weighted by Gasteiger charge is 2.20. The van der Waals surface area contributed by atoms with Crippen molar-refractivity contribution >= 4 is 17.8 Å². The van der Waals surface area contributed by atoms with Crippen LogP contribution in [0.3, 0.4) is 0 Å². The lowest BCUT2D eigenvalue weighted by Gasteiger charge is -2.30. The molecular weight excluding hydrogens is 266 g/mol. The van der Waals surface area contributed by atoms with Crippen LogP contribution in [-0.4, -0.2) is 40.6 Å². The summed E-state index contributed by atoms with van der Waals surface area (Å²) >= 11 is 0. The van der Waals surface area contributed by atoms with Gasteiger partial charge in [-0.3, -0.25) is 5.43 Å². The molecule has 0 saturated carbocycles. The maximum Gasteiger partial charge on any atom is 0.243 e. The van der Waals surface area contributed by atoms with Gasteiger partial charge >= 0.3 is 0 Å². The molecule has 1 aliphatic rings. The summed E-state index contributed by atoms with van der Waals surface area (Å²) in [7, 11) is 0. The van der Waals surface area contributed by atoms with Gasteiger partial charge in [-0.05, 0) is 39.5 Å². The Morgan fingerprint density at radius 3 is 2.48 bits per heavy atom. The molecule has 0 aromatic carbocycles. The minimum atomic E-state index is 0.386. The fourth-order valence-corrected chi connectivity index (χ4v) is 2.65. The summed E-state index contributed by atoms with van der Waals surface area (Å²) in [5, 5.41) is 0. The summed E-state index contributed by atoms with van der Waals surface area (Å²) in [5.74, 6) is 7.40. The zero-order valence-corrected chi connectivity index (χ0v) is 13.3. The Bertz CT molecular complexity index is 445. The van der Waals surface area contributed by atoms with Gasteiger partial charge in [-0.2, -0.15) is 15.0 Å². The van der Waals surface area contributed by atoms with Crippen LogP contribution in [-0.2, 0) is 0 Å². The van der Waals surface area contributed by atoms with E-state index < -0.39 is 0 Å². The Balaban J connectivity index is 2.31. The lowest BCUT2D eigenvalue weighted by Crippen LogP contribution is -2.36. The third-order valence-electron chi connectivity index (χ3n) is 4.10. The van der Waals surface area contributed by atoms with E-state index in [1.54, 1.807) is 0 Å². The molecule has 0 amide bonds. The summed E-state index contributed by atoms with van der Waals surface area (Å²) in [5.41, 5.74) is 2.57. The van der Waals surface area contributed by atoms with Crippen molar-refractivity contribution in [2.24, 2.45) is 5.84 Å². The average molecular weight is 293 g/mol. The van der Waals surface area contributed by atoms with Gasteiger partial charge in [-0.25, -0.2) is 5.84 Å². The number of nitrogen functional groups attached to an aromatic ring is 1. The summed E-state index contributed by atoms with van der Waals surface area (Å²) in [6, 6.07) is 0.386. The maximum absolute atomic E-state index is 5.53. The van der Waals surface area contributed by atoms with Gasteiger partial charge in [-0.1, -0.05) is 6.92 Å². The van der Waals surface area contributed by atoms with E-state index >= 15 is 0 Å². The average Bonchev–Trinajstić information content (AvgIpc) is 2.55. The molecule has 1 aromatic rings. The first-order valence-electron chi connectivity index (χ1n) is 7.93. The van der Waals surface area contributed by atoms with Crippen LogP contribution >= 0.6 is 0 Å². The van der Waals surface area contributed by atoms with Crippen LogP contribution in [0.1, 0.15) is 46.5 Å². The normalized spacial score (nSPS) is 16.7. The molecule has 1 atom stereocenters. The quantitative estimate of drug-likeness (QED) is 0.611. The van der Waals surface area contributed by atoms with Crippen LogP contribution < -0.4 is 21.1 Å². The summed E-state index contributed by atoms with van der Waals surface area (Å²) < 4.78 is 0. The van der Waals surface area contributed by atoms with Crippen LogP contribution in [0, 0.1) is 0 Å². The number of hydrogen-bond donors (Lipinski definition) is 2. The summed E-state index contributed by atoms with van der Waals surface area (Å²) in [6.07, 6.45) is 4.71. The Hall–Kier alpha value is -1.63. The first kappa shape index (κ1) is 15.8. The molecule has 3 N–H and O–H groups in total. The largest absolute Gasteiger partial charge is 0.341 e. The predicted molar refractivity (Wildman–Crippen MR) is 86.5 cm³/mol. The molecular formula is C14H27N7. The Morgan fingerprint density at radius 1 is 1.19 bits per heavy atom. The summed E-state index contributed by atoms with van der Waals surface area (Å²) in [4.78, 5) is 17.9. The number of anilines is 3. The minimum Gasteiger partial charge on any atom is -0.341 e. The smallest absolute Gasteiger partial charge is 0.243 e. The SMILES string of the molecule is CCC(C)N(CC)c1nc(NN)nc(N2CCCCC2)n1. The van der Waals surface area contributed by atoms with Gasteiger partial charge in [0.1, 0.15) is 0 Å². The highest BCUT2D eigenvalue weighted by atomic mass is 15.4. The van der Waals surface area contributed by atoms with Crippen molar-refractivity contribution < 1.29 is 0 Å². The van der Waals surface area contributed by atoms with E-state index in [1.165, 1.54) is 19.3 Å². The lowest BCUT2D eigenvalue weighted by atomic mass is 10.1. The third-order valence-corrected chi connectivity index (χ3v) is 4.10. The first-order valence-corrected chi connectivity index (χ1v) is 7.93. The number of nitrogens with two attached hydrogens (primary N) is 1. The van der Waals surface area contributed by atoms with Crippen LogP contribution in [0.2, 0.25) is 0 Å². The van der Waals surface area contributed by atoms with Crippen molar-refractivity contribution in [3.8, 4) is 0 Å². The molecule has 0 radical (unpaired) electrons. The number of nitrogens with zero attached hydrogens (tertiary/aromatic N) is 5. The second-order valence-corrected chi connectivity index (χ2v) is 5.49. The maximum atomic E-state index is 5.53. The molecule has 2 rings (SSSR count). The van der Waals surface area contributed by atoms with E-state index in [2.05, 4.69) is 50.9 Å². The molecule has 7 nitrogen and oxygen atoms in total. The van der Waals surface area contributed by atoms with Gasteiger partial charge in [0.15, 0.2) is 0 Å². The number of piperidine rings is 1. The Kier molecular flexibility index (Phi) is 5.55. The third kappa shape index (κ3) is 3.72. The number of aromatic nitrogens is 3. The topological polar surface area (TPSA) is 83.2 Å². The van der Waals surface area contributed by atoms with Crippen molar-refractivity contribution in [3.05, 3.63) is 0 Å². The number of hydrazine groups is 1. The molecule has 21 heavy (non-hydrogen) atoms. The molecule has 0 aliphatic carbocycles. The second kappa shape index (κ2) is 7.40. The van der Waals surface area contributed by atoms with Crippen LogP contribution in [0.25, 0.3) is 0 Å². The zero-order valence-electron chi connectivity index (χ0n) is 13.3. The summed E-state index contributed by atoms with van der Waals surface area (Å²) in [6.45, 7) is 9.34. The zero-order chi connectivity index (χ0) is 15.2. The minimum absolute atomic E-state index is 0.386. The molecule has 0 bridgehead atoms. The molecule has 0 spiro atoms. The van der Waals surface area contributed by atoms with Crippen molar-refractivity contribution in [3.63, 3.8) is 0 Å². The van der Waals surface area contributed by atoms with Crippen molar-refractivity contribution in [1.82, 2.24) is 15.0 Å². The molecule has 1 fully saturated rings. The Labute approximate surface area is 126 Å². The van der Waals surface area contributed by atoms with E-state index in [4.69, 9.17) is 5.84 Å². The van der Waals surface area contributed by atoms with Crippen LogP contribution in [0.15, 0.2) is 0 Å². The molecule has 2 heterocycles. The first-order chi connectivity index (χ1) is 10.2. The van der Waals surface area contributed by atoms with Gasteiger partial charge in [0.05, 0.1) is 0 Å². The van der Waals surface area contributed by atoms with E-state index in [0.29, 0.717) is 17.9 Å². The van der Waals surface area contributed by atoms with E-state index in [1.807, 2.05) is 0 Å². The van der Waals surface area contributed by atoms with Crippen molar-refractivity contribution in [2.45, 2.75) is 52.5 Å². The molecule has 1 aromatic heterocycles. The Morgan fingerprint density at radius 2 is 1.90 bits per heavy atom. The van der Waals surface area contributed by atoms with Gasteiger partial charge in [0.25, 0.3) is 0 Å². The van der Waals surface area contributed by atoms with Gasteiger partial charge in [0.2, 0.25) is 17.8 Å². The standard InChI is InChI=1S/C14H27N7/c1-4-11(3)21(5-2)14-17-12(19-15)16-13(18-14)20-9-7-6-8-10-20/h11H,4-10,15H2,1-3H3,(H,16,17,18,19). The highest BCUT2D eigenvalue weighted by molar-refractivity contribution is 5.45. The van der Waals surface area contributed by atoms with E-state index in [9.17, 15) is 0 Å². The van der Waals surface area contributed by atoms with Crippen molar-refractivity contribution in [2.75, 3.05) is 34.9 Å². The lowest BCUT2D eigenvalue weighted by molar-refractivity contribution is 0.564. The fourth-order valence-electron chi connectivity index (χ4n) is 2.65. The number of hydrogen-bond acceptors (Lipinski definition) is 7. The number of rotatable bonds is 6. The monoisotopic (exact) mass is 293 g/mol. The number of nitrogens with one attached hydrogen (secondary N) is 1. The second-order valence-electron chi connectivity index (χ2n) is 5.49. The molecule has 1 unspecified atom stereocenters. The van der Waals surface area contributed by atoms with E-state index in [0.717, 1.165) is 32.0 Å². The molecule has 1 aliphatic heterocycles. The van der Waals surface area contributed by atoms with E-state index in [-0.39, 0.29) is 0 Å². The predicted octanol–water partition coefficient (Wildman–Crippen LogP) is 1.77. The van der Waals surface area contributed by atoms with Gasteiger partial charge < -0.3 is 9.80 Å². The fraction of sp³-hybridized carbons (Fsp3) is 0.786. The molecule has 7 heteroatoms. The van der Waals surface area contributed by atoms with Crippen molar-refractivity contribution in [1.29, 1.82) is 0 Å². The van der Waals surface area contributed by atoms with Gasteiger partial charge in [0, 0.05) is 25.7 Å². The highest BCUT2D eigenvalue weighted by Crippen LogP contribution is 2.21. The molecule has 1 saturated heterocycles. The van der Waals surface area contributed by atoms with Crippen LogP contribution in [0.4, 0.5) is 17.8 Å². The van der Waals surface area contributed by atoms with Crippen LogP contribution in [0.5, 0.6) is 0 Å². The molecule has 118 valence electrons.